The van der Waals surface area contributed by atoms with E-state index in [1.807, 2.05) is 18.2 Å². The van der Waals surface area contributed by atoms with Gasteiger partial charge in [-0.15, -0.1) is 0 Å². The van der Waals surface area contributed by atoms with E-state index in [1.165, 1.54) is 0 Å². The maximum Gasteiger partial charge on any atom is 0.431 e. The maximum atomic E-state index is 12.8. The van der Waals surface area contributed by atoms with Crippen molar-refractivity contribution >= 4 is 5.91 Å². The monoisotopic (exact) mass is 408 g/mol. The van der Waals surface area contributed by atoms with Gasteiger partial charge < -0.3 is 15.0 Å². The molecule has 0 radical (unpaired) electrons. The van der Waals surface area contributed by atoms with Crippen LogP contribution >= 0.6 is 0 Å². The molecule has 2 N–H and O–H groups in total. The van der Waals surface area contributed by atoms with E-state index in [2.05, 4.69) is 12.2 Å². The number of hydrogen-bond donors (Lipinski definition) is 2. The third-order valence-corrected chi connectivity index (χ3v) is 5.35. The van der Waals surface area contributed by atoms with Crippen molar-refractivity contribution < 1.29 is 22.7 Å². The molecule has 29 heavy (non-hydrogen) atoms. The molecule has 0 saturated carbocycles. The lowest BCUT2D eigenvalue weighted by Gasteiger charge is -2.34. The number of benzene rings is 1. The van der Waals surface area contributed by atoms with E-state index in [4.69, 9.17) is 4.74 Å². The minimum atomic E-state index is -4.68. The van der Waals surface area contributed by atoms with Crippen LogP contribution in [0, 0.1) is 5.92 Å². The predicted molar refractivity (Wildman–Crippen MR) is 102 cm³/mol. The lowest BCUT2D eigenvalue weighted by molar-refractivity contribution is -0.141. The van der Waals surface area contributed by atoms with Gasteiger partial charge in [0.15, 0.2) is 0 Å². The molecule has 3 rings (SSSR count). The van der Waals surface area contributed by atoms with Gasteiger partial charge in [-0.1, -0.05) is 19.4 Å². The van der Waals surface area contributed by atoms with Crippen LogP contribution < -0.4 is 15.6 Å². The first kappa shape index (κ1) is 21.0. The van der Waals surface area contributed by atoms with Gasteiger partial charge in [0, 0.05) is 0 Å². The highest BCUT2D eigenvalue weighted by Gasteiger charge is 2.34. The van der Waals surface area contributed by atoms with Gasteiger partial charge in [-0.3, -0.25) is 9.59 Å². The largest absolute Gasteiger partial charge is 0.497 e. The number of amides is 1. The van der Waals surface area contributed by atoms with Crippen molar-refractivity contribution in [3.05, 3.63) is 63.1 Å². The molecule has 2 unspecified atom stereocenters. The number of methoxy groups -OCH3 is 1. The Balaban J connectivity index is 1.90. The molecule has 1 aliphatic rings. The Morgan fingerprint density at radius 2 is 2.03 bits per heavy atom. The van der Waals surface area contributed by atoms with Crippen LogP contribution in [0.15, 0.2) is 35.1 Å². The van der Waals surface area contributed by atoms with E-state index in [1.54, 1.807) is 12.1 Å². The van der Waals surface area contributed by atoms with E-state index >= 15 is 0 Å². The average molecular weight is 408 g/mol. The van der Waals surface area contributed by atoms with Gasteiger partial charge in [0.05, 0.1) is 13.2 Å². The summed E-state index contributed by atoms with van der Waals surface area (Å²) in [4.78, 5) is 26.6. The van der Waals surface area contributed by atoms with Gasteiger partial charge in [0.25, 0.3) is 11.5 Å². The molecule has 8 heteroatoms. The molecule has 0 spiro atoms. The third kappa shape index (κ3) is 4.46. The first-order valence-corrected chi connectivity index (χ1v) is 9.52. The van der Waals surface area contributed by atoms with Gasteiger partial charge >= 0.3 is 6.18 Å². The minimum Gasteiger partial charge on any atom is -0.497 e. The smallest absolute Gasteiger partial charge is 0.431 e. The second kappa shape index (κ2) is 8.31. The van der Waals surface area contributed by atoms with Crippen LogP contribution in [0.3, 0.4) is 0 Å². The first-order valence-electron chi connectivity index (χ1n) is 9.52. The fourth-order valence-electron chi connectivity index (χ4n) is 3.90. The number of alkyl halides is 3. The summed E-state index contributed by atoms with van der Waals surface area (Å²) in [6.45, 7) is 2.06. The Labute approximate surface area is 166 Å². The van der Waals surface area contributed by atoms with Gasteiger partial charge in [-0.2, -0.15) is 13.2 Å². The standard InChI is InChI=1S/C21H23F3N2O3/c1-3-4-12-5-6-13-11-14(29-2)7-8-15(13)18(12)26-20(28)16-9-10-17(21(22,23)24)25-19(16)27/h7-12,18H,3-6H2,1-2H3,(H,25,27)(H,26,28). The first-order chi connectivity index (χ1) is 13.7. The predicted octanol–water partition coefficient (Wildman–Crippen LogP) is 4.24. The van der Waals surface area contributed by atoms with Crippen LogP contribution in [0.5, 0.6) is 5.75 Å². The molecule has 0 fully saturated rings. The highest BCUT2D eigenvalue weighted by molar-refractivity contribution is 5.94. The summed E-state index contributed by atoms with van der Waals surface area (Å²) in [7, 11) is 1.58. The van der Waals surface area contributed by atoms with E-state index < -0.39 is 23.3 Å². The summed E-state index contributed by atoms with van der Waals surface area (Å²) in [5.41, 5.74) is -0.572. The van der Waals surface area contributed by atoms with Crippen LogP contribution in [-0.2, 0) is 12.6 Å². The molecule has 0 bridgehead atoms. The molecule has 1 aliphatic carbocycles. The van der Waals surface area contributed by atoms with Crippen molar-refractivity contribution in [3.8, 4) is 5.75 Å². The molecule has 1 aromatic carbocycles. The number of hydrogen-bond acceptors (Lipinski definition) is 3. The number of ether oxygens (including phenoxy) is 1. The number of H-pyrrole nitrogens is 1. The van der Waals surface area contributed by atoms with Gasteiger partial charge in [0.1, 0.15) is 17.0 Å². The highest BCUT2D eigenvalue weighted by atomic mass is 19.4. The third-order valence-electron chi connectivity index (χ3n) is 5.35. The number of aryl methyl sites for hydroxylation is 1. The van der Waals surface area contributed by atoms with Crippen molar-refractivity contribution in [3.63, 3.8) is 0 Å². The minimum absolute atomic E-state index is 0.179. The highest BCUT2D eigenvalue weighted by Crippen LogP contribution is 2.38. The second-order valence-electron chi connectivity index (χ2n) is 7.22. The molecule has 1 aromatic heterocycles. The van der Waals surface area contributed by atoms with E-state index in [9.17, 15) is 22.8 Å². The zero-order valence-electron chi connectivity index (χ0n) is 16.2. The van der Waals surface area contributed by atoms with Crippen molar-refractivity contribution in [2.45, 2.75) is 44.8 Å². The van der Waals surface area contributed by atoms with Crippen molar-refractivity contribution in [1.29, 1.82) is 0 Å². The fourth-order valence-corrected chi connectivity index (χ4v) is 3.90. The quantitative estimate of drug-likeness (QED) is 0.778. The molecule has 2 atom stereocenters. The molecular weight excluding hydrogens is 385 g/mol. The molecule has 2 aromatic rings. The van der Waals surface area contributed by atoms with Crippen molar-refractivity contribution in [2.75, 3.05) is 7.11 Å². The zero-order valence-corrected chi connectivity index (χ0v) is 16.2. The summed E-state index contributed by atoms with van der Waals surface area (Å²) in [5, 5.41) is 2.88. The lowest BCUT2D eigenvalue weighted by Crippen LogP contribution is -2.38. The average Bonchev–Trinajstić information content (AvgIpc) is 2.68. The van der Waals surface area contributed by atoms with Crippen LogP contribution in [0.4, 0.5) is 13.2 Å². The Hall–Kier alpha value is -2.77. The molecule has 156 valence electrons. The summed E-state index contributed by atoms with van der Waals surface area (Å²) in [6.07, 6.45) is -1.14. The van der Waals surface area contributed by atoms with Crippen LogP contribution in [-0.4, -0.2) is 18.0 Å². The number of rotatable bonds is 5. The number of aromatic nitrogens is 1. The number of carbonyl (C=O) groups is 1. The number of halogens is 3. The Morgan fingerprint density at radius 1 is 1.28 bits per heavy atom. The van der Waals surface area contributed by atoms with Crippen LogP contribution in [0.25, 0.3) is 0 Å². The number of nitrogens with one attached hydrogen (secondary N) is 2. The van der Waals surface area contributed by atoms with E-state index in [0.717, 1.165) is 48.6 Å². The normalized spacial score (nSPS) is 18.8. The Morgan fingerprint density at radius 3 is 2.66 bits per heavy atom. The molecular formula is C21H23F3N2O3. The van der Waals surface area contributed by atoms with Gasteiger partial charge in [-0.05, 0) is 60.6 Å². The van der Waals surface area contributed by atoms with E-state index in [0.29, 0.717) is 6.07 Å². The van der Waals surface area contributed by atoms with Gasteiger partial charge in [-0.25, -0.2) is 0 Å². The fraction of sp³-hybridized carbons (Fsp3) is 0.429. The lowest BCUT2D eigenvalue weighted by atomic mass is 9.77. The molecule has 1 heterocycles. The van der Waals surface area contributed by atoms with Crippen LogP contribution in [0.1, 0.15) is 59.4 Å². The van der Waals surface area contributed by atoms with E-state index in [-0.39, 0.29) is 17.5 Å². The SMILES string of the molecule is CCCC1CCc2cc(OC)ccc2C1NC(=O)c1ccc(C(F)(F)F)[nH]c1=O. The number of carbonyl (C=O) groups excluding carboxylic acids is 1. The molecule has 0 aliphatic heterocycles. The maximum absolute atomic E-state index is 12.8. The Kier molecular flexibility index (Phi) is 6.00. The molecule has 1 amide bonds. The van der Waals surface area contributed by atoms with Crippen molar-refractivity contribution in [2.24, 2.45) is 5.92 Å². The number of pyridine rings is 1. The van der Waals surface area contributed by atoms with Gasteiger partial charge in [0.2, 0.25) is 0 Å². The second-order valence-corrected chi connectivity index (χ2v) is 7.22. The van der Waals surface area contributed by atoms with Crippen LogP contribution in [0.2, 0.25) is 0 Å². The zero-order chi connectivity index (χ0) is 21.2. The summed E-state index contributed by atoms with van der Waals surface area (Å²) in [6, 6.07) is 6.96. The summed E-state index contributed by atoms with van der Waals surface area (Å²) < 4.78 is 43.5. The summed E-state index contributed by atoms with van der Waals surface area (Å²) in [5.74, 6) is 0.218. The topological polar surface area (TPSA) is 71.2 Å². The summed E-state index contributed by atoms with van der Waals surface area (Å²) >= 11 is 0. The van der Waals surface area contributed by atoms with Crippen molar-refractivity contribution in [1.82, 2.24) is 10.3 Å². The molecule has 5 nitrogen and oxygen atoms in total. The number of fused-ring (bicyclic) bond motifs is 1. The number of aromatic amines is 1. The molecule has 0 saturated heterocycles. The Bertz CT molecular complexity index is 953.